The van der Waals surface area contributed by atoms with Gasteiger partial charge >= 0.3 is 5.97 Å². The molecule has 0 radical (unpaired) electrons. The van der Waals surface area contributed by atoms with Crippen molar-refractivity contribution in [3.8, 4) is 28.6 Å². The fourth-order valence-electron chi connectivity index (χ4n) is 6.04. The van der Waals surface area contributed by atoms with Crippen molar-refractivity contribution in [3.63, 3.8) is 0 Å². The van der Waals surface area contributed by atoms with Gasteiger partial charge in [-0.2, -0.15) is 5.10 Å². The zero-order valence-electron chi connectivity index (χ0n) is 29.2. The minimum Gasteiger partial charge on any atom is -0.486 e. The molecule has 2 N–H and O–H groups in total. The number of hydrogen-bond donors (Lipinski definition) is 2. The Morgan fingerprint density at radius 3 is 2.63 bits per heavy atom. The number of benzene rings is 3. The maximum Gasteiger partial charge on any atom is 0.315 e. The summed E-state index contributed by atoms with van der Waals surface area (Å²) >= 11 is 1.55. The predicted molar refractivity (Wildman–Crippen MR) is 196 cm³/mol. The molecule has 0 amide bonds. The lowest BCUT2D eigenvalue weighted by molar-refractivity contribution is -0.139. The van der Waals surface area contributed by atoms with E-state index in [-0.39, 0.29) is 40.9 Å². The molecule has 0 aliphatic rings. The fourth-order valence-corrected chi connectivity index (χ4v) is 7.09. The summed E-state index contributed by atoms with van der Waals surface area (Å²) in [5.74, 6) is 0.991. The van der Waals surface area contributed by atoms with Crippen LogP contribution >= 0.6 is 11.8 Å². The van der Waals surface area contributed by atoms with Crippen molar-refractivity contribution in [3.05, 3.63) is 96.0 Å². The Hall–Kier alpha value is -4.97. The Bertz CT molecular complexity index is 2010. The van der Waals surface area contributed by atoms with Crippen LogP contribution in [0.4, 0.5) is 8.78 Å². The topological polar surface area (TPSA) is 119 Å². The van der Waals surface area contributed by atoms with E-state index in [9.17, 15) is 9.59 Å². The van der Waals surface area contributed by atoms with Crippen LogP contribution in [0.25, 0.3) is 28.4 Å². The van der Waals surface area contributed by atoms with Crippen molar-refractivity contribution in [2.24, 2.45) is 5.41 Å². The number of nitrogens with zero attached hydrogens (tertiary/aromatic N) is 2. The number of nitrogens with one attached hydrogen (secondary N) is 2. The molecule has 1 atom stereocenters. The molecule has 0 saturated heterocycles. The molecule has 9 nitrogen and oxygen atoms in total. The second-order valence-electron chi connectivity index (χ2n) is 13.1. The average Bonchev–Trinajstić information content (AvgIpc) is 3.79. The molecule has 0 saturated carbocycles. The molecule has 12 heteroatoms. The second kappa shape index (κ2) is 16.4. The van der Waals surface area contributed by atoms with E-state index >= 15 is 8.78 Å². The van der Waals surface area contributed by atoms with E-state index in [0.717, 1.165) is 29.5 Å². The highest BCUT2D eigenvalue weighted by molar-refractivity contribution is 7.99. The number of fused-ring (bicyclic) bond motifs is 1. The molecule has 0 bridgehead atoms. The van der Waals surface area contributed by atoms with Crippen molar-refractivity contribution in [1.82, 2.24) is 20.2 Å². The van der Waals surface area contributed by atoms with Crippen molar-refractivity contribution in [2.75, 3.05) is 24.7 Å². The number of halogens is 2. The number of ether oxygens (including phenoxy) is 3. The summed E-state index contributed by atoms with van der Waals surface area (Å²) < 4.78 is 47.2. The van der Waals surface area contributed by atoms with Crippen LogP contribution in [0.15, 0.2) is 67.4 Å². The third-order valence-electron chi connectivity index (χ3n) is 8.75. The van der Waals surface area contributed by atoms with Crippen LogP contribution in [0.1, 0.15) is 63.9 Å². The van der Waals surface area contributed by atoms with Gasteiger partial charge in [0.25, 0.3) is 0 Å². The van der Waals surface area contributed by atoms with Gasteiger partial charge in [0.2, 0.25) is 0 Å². The normalized spacial score (nSPS) is 12.7. The largest absolute Gasteiger partial charge is 0.486 e. The van der Waals surface area contributed by atoms with Crippen molar-refractivity contribution in [1.29, 1.82) is 0 Å². The van der Waals surface area contributed by atoms with E-state index in [0.29, 0.717) is 47.7 Å². The Kier molecular flexibility index (Phi) is 12.0. The number of aldehydes is 1. The number of carbonyl (C=O) groups is 2. The highest BCUT2D eigenvalue weighted by atomic mass is 32.2. The lowest BCUT2D eigenvalue weighted by Crippen LogP contribution is -2.27. The van der Waals surface area contributed by atoms with Crippen LogP contribution in [0.3, 0.4) is 0 Å². The number of H-pyrrole nitrogens is 2. The lowest BCUT2D eigenvalue weighted by Gasteiger charge is -2.31. The van der Waals surface area contributed by atoms with Crippen molar-refractivity contribution < 1.29 is 32.6 Å². The van der Waals surface area contributed by atoms with Crippen LogP contribution < -0.4 is 9.47 Å². The molecule has 51 heavy (non-hydrogen) atoms. The number of esters is 1. The van der Waals surface area contributed by atoms with E-state index in [2.05, 4.69) is 35.6 Å². The van der Waals surface area contributed by atoms with Crippen LogP contribution in [0.2, 0.25) is 0 Å². The van der Waals surface area contributed by atoms with E-state index in [4.69, 9.17) is 19.2 Å². The summed E-state index contributed by atoms with van der Waals surface area (Å²) in [6.07, 6.45) is 6.19. The van der Waals surface area contributed by atoms with Gasteiger partial charge in [0, 0.05) is 28.7 Å². The average molecular weight is 717 g/mol. The summed E-state index contributed by atoms with van der Waals surface area (Å²) in [4.78, 5) is 30.6. The molecule has 268 valence electrons. The number of rotatable bonds is 18. The van der Waals surface area contributed by atoms with Gasteiger partial charge in [-0.25, -0.2) is 13.8 Å². The first-order valence-electron chi connectivity index (χ1n) is 16.7. The van der Waals surface area contributed by atoms with Crippen LogP contribution in [0, 0.1) is 17.0 Å². The molecule has 2 heterocycles. The van der Waals surface area contributed by atoms with Gasteiger partial charge < -0.3 is 19.2 Å². The minimum absolute atomic E-state index is 0.0307. The third kappa shape index (κ3) is 8.86. The van der Waals surface area contributed by atoms with Gasteiger partial charge in [-0.1, -0.05) is 45.1 Å². The van der Waals surface area contributed by atoms with Crippen LogP contribution in [-0.2, 0) is 19.7 Å². The first-order valence-corrected chi connectivity index (χ1v) is 17.9. The Morgan fingerprint density at radius 1 is 1.04 bits per heavy atom. The minimum atomic E-state index is -0.724. The Morgan fingerprint density at radius 2 is 1.86 bits per heavy atom. The lowest BCUT2D eigenvalue weighted by atomic mass is 9.75. The van der Waals surface area contributed by atoms with E-state index in [1.165, 1.54) is 30.3 Å². The van der Waals surface area contributed by atoms with Crippen molar-refractivity contribution >= 4 is 41.0 Å². The Labute approximate surface area is 300 Å². The molecule has 0 aliphatic carbocycles. The van der Waals surface area contributed by atoms with E-state index in [1.54, 1.807) is 37.0 Å². The van der Waals surface area contributed by atoms with E-state index in [1.807, 2.05) is 25.1 Å². The number of hydrogen-bond acceptors (Lipinski definition) is 8. The summed E-state index contributed by atoms with van der Waals surface area (Å²) in [6, 6.07) is 14.7. The standard InChI is InChI=1S/C39H42F2N4O5S/c1-6-28-29-14-17-42-33(29)22-32(41)35(28)50-27-12-13-31(40)30(21-27)36-43-37(45-44-36)39(5,25-10-8-11-26(20-25)49-19-18-46)16-9-15-38(3,4)24-51-23-34(47)48-7-2/h6,8,10-14,17-18,20-22,42H,1,7,9,15-16,19,23-24H2,2-5H3,(H,43,44,45). The first kappa shape index (κ1) is 37.3. The summed E-state index contributed by atoms with van der Waals surface area (Å²) in [5.41, 5.74) is 1.21. The van der Waals surface area contributed by atoms with Crippen molar-refractivity contribution in [2.45, 2.75) is 52.4 Å². The molecule has 2 aromatic heterocycles. The van der Waals surface area contributed by atoms with Gasteiger partial charge in [0.15, 0.2) is 23.7 Å². The molecule has 0 aliphatic heterocycles. The SMILES string of the molecule is C=Cc1c(Oc2ccc(F)c(-c3n[nH]c(C(C)(CCCC(C)(C)CSCC(=O)OCC)c4cccc(OCC=O)c4)n3)c2)c(F)cc2[nH]ccc12. The fraction of sp³-hybridized carbons (Fsp3) is 0.333. The summed E-state index contributed by atoms with van der Waals surface area (Å²) in [6.45, 7) is 12.3. The molecular weight excluding hydrogens is 675 g/mol. The molecule has 5 aromatic rings. The molecule has 0 fully saturated rings. The molecule has 3 aromatic carbocycles. The quantitative estimate of drug-likeness (QED) is 0.0681. The Balaban J connectivity index is 1.42. The zero-order valence-corrected chi connectivity index (χ0v) is 30.0. The van der Waals surface area contributed by atoms with Crippen LogP contribution in [-0.4, -0.2) is 57.1 Å². The summed E-state index contributed by atoms with van der Waals surface area (Å²) in [5, 5.41) is 8.22. The van der Waals surface area contributed by atoms with Gasteiger partial charge in [-0.15, -0.1) is 11.8 Å². The maximum absolute atomic E-state index is 15.4. The van der Waals surface area contributed by atoms with Gasteiger partial charge in [-0.3, -0.25) is 14.7 Å². The molecule has 1 unspecified atom stereocenters. The second-order valence-corrected chi connectivity index (χ2v) is 14.1. The third-order valence-corrected chi connectivity index (χ3v) is 10.2. The van der Waals surface area contributed by atoms with Gasteiger partial charge in [-0.05, 0) is 79.8 Å². The number of aromatic amines is 2. The first-order chi connectivity index (χ1) is 24.5. The number of aromatic nitrogens is 4. The van der Waals surface area contributed by atoms with Crippen LogP contribution in [0.5, 0.6) is 17.2 Å². The number of thioether (sulfide) groups is 1. The highest BCUT2D eigenvalue weighted by Crippen LogP contribution is 2.40. The smallest absolute Gasteiger partial charge is 0.315 e. The molecule has 0 spiro atoms. The predicted octanol–water partition coefficient (Wildman–Crippen LogP) is 9.04. The zero-order chi connectivity index (χ0) is 36.6. The van der Waals surface area contributed by atoms with Gasteiger partial charge in [0.1, 0.15) is 29.7 Å². The summed E-state index contributed by atoms with van der Waals surface area (Å²) in [7, 11) is 0. The van der Waals surface area contributed by atoms with E-state index < -0.39 is 17.0 Å². The molecule has 5 rings (SSSR count). The maximum atomic E-state index is 15.4. The van der Waals surface area contributed by atoms with Gasteiger partial charge in [0.05, 0.1) is 23.3 Å². The number of carbonyl (C=O) groups excluding carboxylic acids is 2. The highest BCUT2D eigenvalue weighted by Gasteiger charge is 2.34. The molecular formula is C39H42F2N4O5S. The monoisotopic (exact) mass is 716 g/mol.